The fourth-order valence-electron chi connectivity index (χ4n) is 1.94. The van der Waals surface area contributed by atoms with Gasteiger partial charge in [0.05, 0.1) is 5.00 Å². The molecule has 2 rings (SSSR count). The molecule has 0 atom stereocenters. The second-order valence-electron chi connectivity index (χ2n) is 4.91. The number of hydrogen-bond donors (Lipinski definition) is 0. The van der Waals surface area contributed by atoms with Crippen molar-refractivity contribution in [2.75, 3.05) is 31.6 Å². The number of piperazine rings is 1. The third-order valence-corrected chi connectivity index (χ3v) is 4.23. The molecule has 0 aliphatic carbocycles. The van der Waals surface area contributed by atoms with Crippen molar-refractivity contribution >= 4 is 28.3 Å². The zero-order chi connectivity index (χ0) is 14.0. The van der Waals surface area contributed by atoms with Gasteiger partial charge >= 0.3 is 6.03 Å². The molecule has 1 aliphatic heterocycles. The number of carbonyl (C=O) groups is 2. The molecule has 104 valence electrons. The number of thiophene rings is 1. The van der Waals surface area contributed by atoms with E-state index in [0.29, 0.717) is 13.1 Å². The largest absolute Gasteiger partial charge is 0.325 e. The van der Waals surface area contributed by atoms with Gasteiger partial charge in [-0.3, -0.25) is 4.79 Å². The van der Waals surface area contributed by atoms with E-state index in [1.807, 2.05) is 31.4 Å². The Balaban J connectivity index is 2.00. The molecule has 1 aromatic rings. The van der Waals surface area contributed by atoms with Crippen LogP contribution in [0.3, 0.4) is 0 Å². The Morgan fingerprint density at radius 2 is 2.16 bits per heavy atom. The van der Waals surface area contributed by atoms with Crippen LogP contribution in [-0.2, 0) is 4.79 Å². The molecule has 0 radical (unpaired) electrons. The van der Waals surface area contributed by atoms with Crippen molar-refractivity contribution in [3.63, 3.8) is 0 Å². The lowest BCUT2D eigenvalue weighted by Gasteiger charge is -2.36. The number of amides is 3. The van der Waals surface area contributed by atoms with Gasteiger partial charge in [-0.15, -0.1) is 11.3 Å². The van der Waals surface area contributed by atoms with Gasteiger partial charge in [0.1, 0.15) is 6.54 Å². The van der Waals surface area contributed by atoms with E-state index in [1.165, 1.54) is 0 Å². The molecule has 3 amide bonds. The van der Waals surface area contributed by atoms with Crippen molar-refractivity contribution in [1.82, 2.24) is 9.80 Å². The highest BCUT2D eigenvalue weighted by Gasteiger charge is 2.30. The summed E-state index contributed by atoms with van der Waals surface area (Å²) in [7, 11) is 1.77. The normalized spacial score (nSPS) is 16.1. The van der Waals surface area contributed by atoms with Crippen LogP contribution in [0.2, 0.25) is 0 Å². The van der Waals surface area contributed by atoms with Gasteiger partial charge in [-0.1, -0.05) is 0 Å². The smallest absolute Gasteiger partial charge is 0.320 e. The van der Waals surface area contributed by atoms with Crippen LogP contribution in [0.25, 0.3) is 0 Å². The molecule has 0 spiro atoms. The fraction of sp³-hybridized carbons (Fsp3) is 0.538. The number of rotatable bonds is 2. The molecule has 0 saturated carbocycles. The minimum Gasteiger partial charge on any atom is -0.325 e. The number of hydrogen-bond acceptors (Lipinski definition) is 3. The molecule has 0 N–H and O–H groups in total. The van der Waals surface area contributed by atoms with Gasteiger partial charge in [0.15, 0.2) is 0 Å². The molecule has 1 fully saturated rings. The molecule has 2 heterocycles. The highest BCUT2D eigenvalue weighted by atomic mass is 32.1. The van der Waals surface area contributed by atoms with E-state index in [-0.39, 0.29) is 24.5 Å². The highest BCUT2D eigenvalue weighted by Crippen LogP contribution is 2.23. The second-order valence-corrected chi connectivity index (χ2v) is 5.83. The van der Waals surface area contributed by atoms with Crippen LogP contribution in [0.5, 0.6) is 0 Å². The predicted molar refractivity (Wildman–Crippen MR) is 76.5 cm³/mol. The van der Waals surface area contributed by atoms with Crippen LogP contribution >= 0.6 is 11.3 Å². The minimum absolute atomic E-state index is 0.0146. The van der Waals surface area contributed by atoms with Crippen LogP contribution in [0, 0.1) is 0 Å². The quantitative estimate of drug-likeness (QED) is 0.830. The number of anilines is 1. The Morgan fingerprint density at radius 1 is 1.42 bits per heavy atom. The summed E-state index contributed by atoms with van der Waals surface area (Å²) in [6.07, 6.45) is 0. The van der Waals surface area contributed by atoms with Crippen molar-refractivity contribution in [3.8, 4) is 0 Å². The lowest BCUT2D eigenvalue weighted by molar-refractivity contribution is -0.120. The van der Waals surface area contributed by atoms with Crippen molar-refractivity contribution in [2.45, 2.75) is 19.9 Å². The average molecular weight is 281 g/mol. The summed E-state index contributed by atoms with van der Waals surface area (Å²) < 4.78 is 0. The van der Waals surface area contributed by atoms with Crippen molar-refractivity contribution < 1.29 is 9.59 Å². The minimum atomic E-state index is -0.0748. The maximum atomic E-state index is 12.2. The van der Waals surface area contributed by atoms with Gasteiger partial charge < -0.3 is 14.7 Å². The summed E-state index contributed by atoms with van der Waals surface area (Å²) in [5, 5.41) is 2.90. The number of nitrogens with zero attached hydrogens (tertiary/aromatic N) is 3. The molecule has 0 aromatic carbocycles. The Hall–Kier alpha value is -1.56. The van der Waals surface area contributed by atoms with E-state index >= 15 is 0 Å². The first-order valence-electron chi connectivity index (χ1n) is 6.36. The van der Waals surface area contributed by atoms with Gasteiger partial charge in [0, 0.05) is 26.2 Å². The van der Waals surface area contributed by atoms with Crippen LogP contribution in [0.15, 0.2) is 17.5 Å². The van der Waals surface area contributed by atoms with Gasteiger partial charge in [0.2, 0.25) is 5.91 Å². The zero-order valence-corrected chi connectivity index (χ0v) is 12.3. The third kappa shape index (κ3) is 2.89. The van der Waals surface area contributed by atoms with E-state index < -0.39 is 0 Å². The molecule has 0 unspecified atom stereocenters. The first-order chi connectivity index (χ1) is 9.00. The summed E-state index contributed by atoms with van der Waals surface area (Å²) in [6.45, 7) is 5.23. The molecule has 19 heavy (non-hydrogen) atoms. The van der Waals surface area contributed by atoms with Gasteiger partial charge in [-0.25, -0.2) is 4.79 Å². The summed E-state index contributed by atoms with van der Waals surface area (Å²) >= 11 is 1.55. The molecular formula is C13H19N3O2S. The Bertz CT molecular complexity index is 458. The maximum absolute atomic E-state index is 12.2. The second kappa shape index (κ2) is 5.61. The van der Waals surface area contributed by atoms with Crippen LogP contribution in [0.4, 0.5) is 9.80 Å². The summed E-state index contributed by atoms with van der Waals surface area (Å²) in [5.74, 6) is -0.0146. The van der Waals surface area contributed by atoms with Crippen molar-refractivity contribution in [2.24, 2.45) is 0 Å². The summed E-state index contributed by atoms with van der Waals surface area (Å²) in [6, 6.07) is 3.92. The SMILES string of the molecule is CC(C)N(C)C(=O)N1CCN(c2cccs2)C(=O)C1. The first-order valence-corrected chi connectivity index (χ1v) is 7.24. The molecule has 1 saturated heterocycles. The van der Waals surface area contributed by atoms with Crippen LogP contribution < -0.4 is 4.90 Å². The van der Waals surface area contributed by atoms with Crippen molar-refractivity contribution in [3.05, 3.63) is 17.5 Å². The monoisotopic (exact) mass is 281 g/mol. The Labute approximate surface area is 117 Å². The fourth-order valence-corrected chi connectivity index (χ4v) is 2.71. The Morgan fingerprint density at radius 3 is 2.68 bits per heavy atom. The van der Waals surface area contributed by atoms with E-state index in [4.69, 9.17) is 0 Å². The van der Waals surface area contributed by atoms with Crippen LogP contribution in [0.1, 0.15) is 13.8 Å². The standard InChI is InChI=1S/C13H19N3O2S/c1-10(2)14(3)13(18)15-6-7-16(11(17)9-15)12-5-4-8-19-12/h4-5,8,10H,6-7,9H2,1-3H3. The number of urea groups is 1. The predicted octanol–water partition coefficient (Wildman–Crippen LogP) is 1.86. The first kappa shape index (κ1) is 13.9. The third-order valence-electron chi connectivity index (χ3n) is 3.34. The van der Waals surface area contributed by atoms with Gasteiger partial charge in [-0.05, 0) is 31.4 Å². The summed E-state index contributed by atoms with van der Waals surface area (Å²) in [5.41, 5.74) is 0. The lowest BCUT2D eigenvalue weighted by Crippen LogP contribution is -2.55. The molecule has 1 aliphatic rings. The highest BCUT2D eigenvalue weighted by molar-refractivity contribution is 7.14. The van der Waals surface area contributed by atoms with Crippen LogP contribution in [-0.4, -0.2) is 54.5 Å². The molecular weight excluding hydrogens is 262 g/mol. The average Bonchev–Trinajstić information content (AvgIpc) is 2.90. The Kier molecular flexibility index (Phi) is 4.09. The van der Waals surface area contributed by atoms with Gasteiger partial charge in [0.25, 0.3) is 0 Å². The maximum Gasteiger partial charge on any atom is 0.320 e. The molecule has 6 heteroatoms. The molecule has 5 nitrogen and oxygen atoms in total. The molecule has 1 aromatic heterocycles. The topological polar surface area (TPSA) is 43.9 Å². The van der Waals surface area contributed by atoms with E-state index in [1.54, 1.807) is 33.1 Å². The lowest BCUT2D eigenvalue weighted by atomic mass is 10.3. The van der Waals surface area contributed by atoms with E-state index in [9.17, 15) is 9.59 Å². The van der Waals surface area contributed by atoms with E-state index in [2.05, 4.69) is 0 Å². The number of carbonyl (C=O) groups excluding carboxylic acids is 2. The van der Waals surface area contributed by atoms with Gasteiger partial charge in [-0.2, -0.15) is 0 Å². The molecule has 0 bridgehead atoms. The van der Waals surface area contributed by atoms with E-state index in [0.717, 1.165) is 5.00 Å². The van der Waals surface area contributed by atoms with Crippen molar-refractivity contribution in [1.29, 1.82) is 0 Å². The summed E-state index contributed by atoms with van der Waals surface area (Å²) in [4.78, 5) is 29.3. The zero-order valence-electron chi connectivity index (χ0n) is 11.5.